The second kappa shape index (κ2) is 5.50. The first kappa shape index (κ1) is 13.1. The Morgan fingerprint density at radius 3 is 2.83 bits per heavy atom. The van der Waals surface area contributed by atoms with E-state index >= 15 is 0 Å². The van der Waals surface area contributed by atoms with E-state index in [1.807, 2.05) is 13.0 Å². The number of nitrogens with zero attached hydrogens (tertiary/aromatic N) is 1. The van der Waals surface area contributed by atoms with E-state index in [9.17, 15) is 4.79 Å². The Kier molecular flexibility index (Phi) is 3.99. The molecule has 0 aliphatic heterocycles. The van der Waals surface area contributed by atoms with Crippen molar-refractivity contribution in [2.75, 3.05) is 5.32 Å². The molecule has 1 N–H and O–H groups in total. The summed E-state index contributed by atoms with van der Waals surface area (Å²) in [5.41, 5.74) is 1.91. The molecule has 0 fully saturated rings. The molecule has 1 amide bonds. The van der Waals surface area contributed by atoms with Crippen LogP contribution < -0.4 is 5.32 Å². The van der Waals surface area contributed by atoms with Crippen LogP contribution in [-0.4, -0.2) is 10.9 Å². The lowest BCUT2D eigenvalue weighted by molar-refractivity contribution is 0.102. The van der Waals surface area contributed by atoms with Gasteiger partial charge in [0, 0.05) is 15.7 Å². The number of rotatable bonds is 2. The molecule has 18 heavy (non-hydrogen) atoms. The van der Waals surface area contributed by atoms with Crippen LogP contribution in [0.15, 0.2) is 41.0 Å². The Hall–Kier alpha value is -1.39. The monoisotopic (exact) mass is 324 g/mol. The molecular formula is C13H10BrClN2O. The van der Waals surface area contributed by atoms with Crippen molar-refractivity contribution in [2.24, 2.45) is 0 Å². The van der Waals surface area contributed by atoms with E-state index in [-0.39, 0.29) is 5.91 Å². The van der Waals surface area contributed by atoms with Crippen molar-refractivity contribution in [1.29, 1.82) is 0 Å². The van der Waals surface area contributed by atoms with Crippen LogP contribution in [0.5, 0.6) is 0 Å². The number of pyridine rings is 1. The van der Waals surface area contributed by atoms with Crippen LogP contribution in [0.4, 0.5) is 5.69 Å². The van der Waals surface area contributed by atoms with Crippen molar-refractivity contribution in [3.63, 3.8) is 0 Å². The van der Waals surface area contributed by atoms with Crippen LogP contribution in [0, 0.1) is 6.92 Å². The molecule has 0 radical (unpaired) electrons. The molecule has 0 aliphatic rings. The first-order chi connectivity index (χ1) is 8.58. The van der Waals surface area contributed by atoms with E-state index in [0.29, 0.717) is 16.4 Å². The van der Waals surface area contributed by atoms with Gasteiger partial charge in [-0.3, -0.25) is 9.78 Å². The van der Waals surface area contributed by atoms with Crippen LogP contribution in [-0.2, 0) is 0 Å². The van der Waals surface area contributed by atoms with Crippen molar-refractivity contribution >= 4 is 39.1 Å². The fourth-order valence-electron chi connectivity index (χ4n) is 1.50. The lowest BCUT2D eigenvalue weighted by Crippen LogP contribution is -2.15. The second-order valence-electron chi connectivity index (χ2n) is 3.75. The number of halogens is 2. The minimum atomic E-state index is -0.240. The van der Waals surface area contributed by atoms with Gasteiger partial charge in [0.15, 0.2) is 0 Å². The Bertz CT molecular complexity index is 601. The van der Waals surface area contributed by atoms with Crippen LogP contribution in [0.25, 0.3) is 0 Å². The van der Waals surface area contributed by atoms with E-state index in [2.05, 4.69) is 26.2 Å². The summed E-state index contributed by atoms with van der Waals surface area (Å²) in [6, 6.07) is 8.82. The number of hydrogen-bond donors (Lipinski definition) is 1. The van der Waals surface area contributed by atoms with Gasteiger partial charge in [-0.15, -0.1) is 0 Å². The van der Waals surface area contributed by atoms with E-state index in [1.54, 1.807) is 30.5 Å². The molecule has 2 rings (SSSR count). The third-order valence-electron chi connectivity index (χ3n) is 2.40. The fourth-order valence-corrected chi connectivity index (χ4v) is 2.28. The van der Waals surface area contributed by atoms with Crippen molar-refractivity contribution in [3.05, 3.63) is 57.3 Å². The minimum absolute atomic E-state index is 0.240. The molecule has 1 heterocycles. The first-order valence-electron chi connectivity index (χ1n) is 5.26. The van der Waals surface area contributed by atoms with Crippen molar-refractivity contribution in [3.8, 4) is 0 Å². The van der Waals surface area contributed by atoms with Gasteiger partial charge < -0.3 is 5.32 Å². The van der Waals surface area contributed by atoms with E-state index in [4.69, 9.17) is 11.6 Å². The average Bonchev–Trinajstić information content (AvgIpc) is 2.33. The van der Waals surface area contributed by atoms with Crippen LogP contribution >= 0.6 is 27.5 Å². The summed E-state index contributed by atoms with van der Waals surface area (Å²) < 4.78 is 0.733. The van der Waals surface area contributed by atoms with Gasteiger partial charge in [0.1, 0.15) is 5.69 Å². The molecule has 3 nitrogen and oxygen atoms in total. The molecule has 2 aromatic rings. The Balaban J connectivity index is 2.24. The quantitative estimate of drug-likeness (QED) is 0.905. The van der Waals surface area contributed by atoms with Crippen molar-refractivity contribution in [2.45, 2.75) is 6.92 Å². The molecule has 0 atom stereocenters. The van der Waals surface area contributed by atoms with Crippen LogP contribution in [0.2, 0.25) is 5.02 Å². The fraction of sp³-hybridized carbons (Fsp3) is 0.0769. The second-order valence-corrected chi connectivity index (χ2v) is 5.04. The molecule has 0 unspecified atom stereocenters. The van der Waals surface area contributed by atoms with Crippen molar-refractivity contribution < 1.29 is 4.79 Å². The smallest absolute Gasteiger partial charge is 0.274 e. The molecule has 1 aromatic carbocycles. The maximum atomic E-state index is 12.0. The summed E-state index contributed by atoms with van der Waals surface area (Å²) in [6.07, 6.45) is 1.60. The zero-order valence-electron chi connectivity index (χ0n) is 9.58. The number of benzene rings is 1. The van der Waals surface area contributed by atoms with Gasteiger partial charge in [0.05, 0.1) is 5.69 Å². The molecule has 0 bridgehead atoms. The normalized spacial score (nSPS) is 10.2. The summed E-state index contributed by atoms with van der Waals surface area (Å²) in [5.74, 6) is -0.240. The van der Waals surface area contributed by atoms with E-state index in [0.717, 1.165) is 10.0 Å². The predicted molar refractivity (Wildman–Crippen MR) is 76.1 cm³/mol. The molecule has 0 saturated heterocycles. The summed E-state index contributed by atoms with van der Waals surface area (Å²) in [7, 11) is 0. The maximum absolute atomic E-state index is 12.0. The number of hydrogen-bond acceptors (Lipinski definition) is 2. The molecule has 0 spiro atoms. The zero-order chi connectivity index (χ0) is 13.1. The summed E-state index contributed by atoms with van der Waals surface area (Å²) in [4.78, 5) is 16.1. The summed E-state index contributed by atoms with van der Waals surface area (Å²) in [6.45, 7) is 1.85. The summed E-state index contributed by atoms with van der Waals surface area (Å²) >= 11 is 9.19. The first-order valence-corrected chi connectivity index (χ1v) is 6.43. The third kappa shape index (κ3) is 2.89. The molecule has 0 aliphatic carbocycles. The highest BCUT2D eigenvalue weighted by Crippen LogP contribution is 2.26. The van der Waals surface area contributed by atoms with Gasteiger partial charge in [-0.2, -0.15) is 0 Å². The number of nitrogens with one attached hydrogen (secondary N) is 1. The molecular weight excluding hydrogens is 316 g/mol. The van der Waals surface area contributed by atoms with Crippen LogP contribution in [0.1, 0.15) is 16.1 Å². The predicted octanol–water partition coefficient (Wildman–Crippen LogP) is 4.06. The maximum Gasteiger partial charge on any atom is 0.274 e. The Morgan fingerprint density at radius 2 is 2.17 bits per heavy atom. The van der Waals surface area contributed by atoms with Crippen LogP contribution in [0.3, 0.4) is 0 Å². The zero-order valence-corrected chi connectivity index (χ0v) is 11.9. The largest absolute Gasteiger partial charge is 0.320 e. The number of carbonyl (C=O) groups excluding carboxylic acids is 1. The minimum Gasteiger partial charge on any atom is -0.320 e. The third-order valence-corrected chi connectivity index (χ3v) is 3.30. The van der Waals surface area contributed by atoms with Gasteiger partial charge in [-0.25, -0.2) is 0 Å². The number of amides is 1. The van der Waals surface area contributed by atoms with Gasteiger partial charge >= 0.3 is 0 Å². The number of aryl methyl sites for hydroxylation is 1. The van der Waals surface area contributed by atoms with Gasteiger partial charge in [-0.1, -0.05) is 17.7 Å². The lowest BCUT2D eigenvalue weighted by atomic mass is 10.2. The van der Waals surface area contributed by atoms with E-state index in [1.165, 1.54) is 0 Å². The molecule has 92 valence electrons. The van der Waals surface area contributed by atoms with E-state index < -0.39 is 0 Å². The molecule has 1 aromatic heterocycles. The highest BCUT2D eigenvalue weighted by molar-refractivity contribution is 9.10. The topological polar surface area (TPSA) is 42.0 Å². The number of aromatic nitrogens is 1. The highest BCUT2D eigenvalue weighted by atomic mass is 79.9. The van der Waals surface area contributed by atoms with Gasteiger partial charge in [0.2, 0.25) is 0 Å². The number of anilines is 1. The Labute approximate surface area is 118 Å². The average molecular weight is 326 g/mol. The van der Waals surface area contributed by atoms with Gasteiger partial charge in [0.25, 0.3) is 5.91 Å². The molecule has 0 saturated carbocycles. The molecule has 5 heteroatoms. The van der Waals surface area contributed by atoms with Crippen molar-refractivity contribution in [1.82, 2.24) is 4.98 Å². The summed E-state index contributed by atoms with van der Waals surface area (Å²) in [5, 5.41) is 3.39. The number of carbonyl (C=O) groups is 1. The Morgan fingerprint density at radius 1 is 1.39 bits per heavy atom. The highest BCUT2D eigenvalue weighted by Gasteiger charge is 2.11. The standard InChI is InChI=1S/C13H10BrClN2O/c1-8-3-2-6-16-12(8)13(18)17-11-5-4-9(15)7-10(11)14/h2-7H,1H3,(H,17,18). The van der Waals surface area contributed by atoms with Gasteiger partial charge in [-0.05, 0) is 52.7 Å². The SMILES string of the molecule is Cc1cccnc1C(=O)Nc1ccc(Cl)cc1Br. The lowest BCUT2D eigenvalue weighted by Gasteiger charge is -2.08.